The first-order valence-electron chi connectivity index (χ1n) is 12.4. The van der Waals surface area contributed by atoms with Crippen molar-refractivity contribution in [3.63, 3.8) is 0 Å². The van der Waals surface area contributed by atoms with Crippen molar-refractivity contribution in [1.29, 1.82) is 0 Å². The van der Waals surface area contributed by atoms with Gasteiger partial charge in [0.2, 0.25) is 5.91 Å². The molecule has 4 rings (SSSR count). The Morgan fingerprint density at radius 3 is 2.38 bits per heavy atom. The lowest BCUT2D eigenvalue weighted by atomic mass is 10.0. The number of nitrogens with two attached hydrogens (primary N) is 1. The minimum Gasteiger partial charge on any atom is -0.497 e. The second-order valence-electron chi connectivity index (χ2n) is 9.39. The maximum Gasteiger partial charge on any atom is 0.255 e. The first kappa shape index (κ1) is 26.1. The van der Waals surface area contributed by atoms with E-state index in [2.05, 4.69) is 35.7 Å². The zero-order valence-corrected chi connectivity index (χ0v) is 21.6. The van der Waals surface area contributed by atoms with Crippen LogP contribution in [0.25, 0.3) is 0 Å². The second-order valence-corrected chi connectivity index (χ2v) is 9.39. The van der Waals surface area contributed by atoms with Crippen molar-refractivity contribution in [3.05, 3.63) is 47.7 Å². The van der Waals surface area contributed by atoms with E-state index in [0.29, 0.717) is 48.1 Å². The predicted molar refractivity (Wildman–Crippen MR) is 141 cm³/mol. The number of anilines is 1. The molecular weight excluding hydrogens is 472 g/mol. The predicted octanol–water partition coefficient (Wildman–Crippen LogP) is 1.86. The largest absolute Gasteiger partial charge is 0.497 e. The third-order valence-corrected chi connectivity index (χ3v) is 6.89. The number of hydrogen-bond donors (Lipinski definition) is 2. The molecule has 2 aliphatic rings. The van der Waals surface area contributed by atoms with Crippen LogP contribution in [0.15, 0.2) is 30.9 Å². The maximum absolute atomic E-state index is 12.7. The van der Waals surface area contributed by atoms with Crippen molar-refractivity contribution in [2.45, 2.75) is 31.3 Å². The minimum atomic E-state index is -0.605. The number of nitrogens with zero attached hydrogens (tertiary/aromatic N) is 4. The Bertz CT molecular complexity index is 1210. The Morgan fingerprint density at radius 2 is 1.78 bits per heavy atom. The van der Waals surface area contributed by atoms with Crippen LogP contribution in [-0.4, -0.2) is 84.9 Å². The fourth-order valence-electron chi connectivity index (χ4n) is 4.79. The lowest BCUT2D eigenvalue weighted by Gasteiger charge is -2.30. The SMILES string of the molecule is C=CC(=O)N1CC[C@H](n2nc(C#Cc3cc(OC)cc(OC)c3)c(C(N)=O)c2NC2CCN(C)CC2)C1. The molecule has 0 unspecified atom stereocenters. The average Bonchev–Trinajstić information content (AvgIpc) is 3.53. The van der Waals surface area contributed by atoms with Crippen LogP contribution >= 0.6 is 0 Å². The van der Waals surface area contributed by atoms with Gasteiger partial charge in [0.05, 0.1) is 20.3 Å². The molecule has 2 aromatic rings. The Kier molecular flexibility index (Phi) is 8.04. The maximum atomic E-state index is 12.7. The van der Waals surface area contributed by atoms with Crippen molar-refractivity contribution in [3.8, 4) is 23.3 Å². The molecule has 2 aliphatic heterocycles. The molecular formula is C27H34N6O4. The molecule has 0 saturated carbocycles. The molecule has 10 nitrogen and oxygen atoms in total. The summed E-state index contributed by atoms with van der Waals surface area (Å²) in [7, 11) is 5.24. The molecule has 2 saturated heterocycles. The molecule has 2 amide bonds. The van der Waals surface area contributed by atoms with Crippen molar-refractivity contribution in [2.24, 2.45) is 5.73 Å². The Labute approximate surface area is 217 Å². The van der Waals surface area contributed by atoms with E-state index in [4.69, 9.17) is 20.3 Å². The average molecular weight is 507 g/mol. The highest BCUT2D eigenvalue weighted by molar-refractivity contribution is 6.00. The molecule has 37 heavy (non-hydrogen) atoms. The lowest BCUT2D eigenvalue weighted by Crippen LogP contribution is -2.38. The summed E-state index contributed by atoms with van der Waals surface area (Å²) < 4.78 is 12.5. The molecule has 0 bridgehead atoms. The summed E-state index contributed by atoms with van der Waals surface area (Å²) >= 11 is 0. The van der Waals surface area contributed by atoms with Crippen molar-refractivity contribution in [1.82, 2.24) is 19.6 Å². The van der Waals surface area contributed by atoms with E-state index in [-0.39, 0.29) is 23.6 Å². The number of amides is 2. The summed E-state index contributed by atoms with van der Waals surface area (Å²) in [5, 5.41) is 8.31. The van der Waals surface area contributed by atoms with Gasteiger partial charge in [-0.2, -0.15) is 5.10 Å². The van der Waals surface area contributed by atoms with Crippen LogP contribution in [0.3, 0.4) is 0 Å². The van der Waals surface area contributed by atoms with E-state index in [0.717, 1.165) is 25.9 Å². The van der Waals surface area contributed by atoms with Crippen molar-refractivity contribution < 1.29 is 19.1 Å². The second kappa shape index (κ2) is 11.4. The number of benzene rings is 1. The van der Waals surface area contributed by atoms with Crippen molar-refractivity contribution >= 4 is 17.6 Å². The van der Waals surface area contributed by atoms with Gasteiger partial charge in [-0.3, -0.25) is 9.59 Å². The molecule has 0 radical (unpaired) electrons. The van der Waals surface area contributed by atoms with Gasteiger partial charge in [-0.15, -0.1) is 0 Å². The molecule has 196 valence electrons. The molecule has 3 N–H and O–H groups in total. The Morgan fingerprint density at radius 1 is 1.11 bits per heavy atom. The van der Waals surface area contributed by atoms with Gasteiger partial charge in [-0.05, 0) is 63.5 Å². The van der Waals surface area contributed by atoms with Crippen LogP contribution in [0, 0.1) is 11.8 Å². The number of likely N-dealkylation sites (tertiary alicyclic amines) is 2. The molecule has 1 aromatic carbocycles. The standard InChI is InChI=1S/C27H34N6O4/c1-5-24(34)32-13-10-20(17-32)33-27(29-19-8-11-31(2)12-9-19)25(26(28)35)23(30-33)7-6-18-14-21(36-3)16-22(15-18)37-4/h5,14-16,19-20,29H,1,8-13,17H2,2-4H3,(H2,28,35)/t20-/m0/s1. The number of rotatable bonds is 7. The van der Waals surface area contributed by atoms with E-state index in [1.54, 1.807) is 42.0 Å². The number of nitrogens with one attached hydrogen (secondary N) is 1. The third-order valence-electron chi connectivity index (χ3n) is 6.89. The van der Waals surface area contributed by atoms with Gasteiger partial charge in [-0.1, -0.05) is 12.5 Å². The van der Waals surface area contributed by atoms with Gasteiger partial charge < -0.3 is 30.3 Å². The molecule has 0 aliphatic carbocycles. The molecule has 10 heteroatoms. The fraction of sp³-hybridized carbons (Fsp3) is 0.444. The minimum absolute atomic E-state index is 0.122. The number of ether oxygens (including phenoxy) is 2. The number of primary amides is 1. The van der Waals surface area contributed by atoms with Crippen LogP contribution in [0.5, 0.6) is 11.5 Å². The Hall–Kier alpha value is -3.97. The van der Waals surface area contributed by atoms with Gasteiger partial charge in [0.25, 0.3) is 5.91 Å². The summed E-state index contributed by atoms with van der Waals surface area (Å²) in [6.45, 7) is 6.55. The quantitative estimate of drug-likeness (QED) is 0.435. The highest BCUT2D eigenvalue weighted by Gasteiger charge is 2.33. The normalized spacial score (nSPS) is 18.1. The fourth-order valence-corrected chi connectivity index (χ4v) is 4.79. The van der Waals surface area contributed by atoms with E-state index in [1.165, 1.54) is 6.08 Å². The summed E-state index contributed by atoms with van der Waals surface area (Å²) in [6.07, 6.45) is 3.87. The first-order valence-corrected chi connectivity index (χ1v) is 12.4. The molecule has 3 heterocycles. The topological polar surface area (TPSA) is 115 Å². The van der Waals surface area contributed by atoms with Crippen LogP contribution in [0.1, 0.15) is 46.9 Å². The molecule has 1 atom stereocenters. The van der Waals surface area contributed by atoms with Gasteiger partial charge >= 0.3 is 0 Å². The summed E-state index contributed by atoms with van der Waals surface area (Å²) in [5.74, 6) is 7.17. The number of carbonyl (C=O) groups is 2. The lowest BCUT2D eigenvalue weighted by molar-refractivity contribution is -0.125. The smallest absolute Gasteiger partial charge is 0.255 e. The van der Waals surface area contributed by atoms with Crippen LogP contribution in [0.4, 0.5) is 5.82 Å². The number of carbonyl (C=O) groups excluding carboxylic acids is 2. The molecule has 1 aromatic heterocycles. The highest BCUT2D eigenvalue weighted by atomic mass is 16.5. The number of hydrogen-bond acceptors (Lipinski definition) is 7. The van der Waals surface area contributed by atoms with E-state index in [9.17, 15) is 9.59 Å². The van der Waals surface area contributed by atoms with Gasteiger partial charge in [0.15, 0.2) is 5.69 Å². The Balaban J connectivity index is 1.74. The third kappa shape index (κ3) is 5.89. The molecule has 2 fully saturated rings. The monoisotopic (exact) mass is 506 g/mol. The zero-order valence-electron chi connectivity index (χ0n) is 21.6. The summed E-state index contributed by atoms with van der Waals surface area (Å²) in [6, 6.07) is 5.37. The van der Waals surface area contributed by atoms with Crippen LogP contribution in [-0.2, 0) is 4.79 Å². The highest BCUT2D eigenvalue weighted by Crippen LogP contribution is 2.31. The van der Waals surface area contributed by atoms with Gasteiger partial charge in [-0.25, -0.2) is 4.68 Å². The van der Waals surface area contributed by atoms with Crippen molar-refractivity contribution in [2.75, 3.05) is 52.8 Å². The summed E-state index contributed by atoms with van der Waals surface area (Å²) in [4.78, 5) is 28.9. The number of aromatic nitrogens is 2. The van der Waals surface area contributed by atoms with E-state index in [1.807, 2.05) is 0 Å². The number of methoxy groups -OCH3 is 2. The summed E-state index contributed by atoms with van der Waals surface area (Å²) in [5.41, 5.74) is 7.08. The molecule has 0 spiro atoms. The van der Waals surface area contributed by atoms with E-state index < -0.39 is 5.91 Å². The van der Waals surface area contributed by atoms with Gasteiger partial charge in [0.1, 0.15) is 22.9 Å². The van der Waals surface area contributed by atoms with Crippen LogP contribution in [0.2, 0.25) is 0 Å². The number of piperidine rings is 1. The van der Waals surface area contributed by atoms with E-state index >= 15 is 0 Å². The van der Waals surface area contributed by atoms with Crippen LogP contribution < -0.4 is 20.5 Å². The first-order chi connectivity index (χ1) is 17.8. The zero-order chi connectivity index (χ0) is 26.5. The van der Waals surface area contributed by atoms with Gasteiger partial charge in [0, 0.05) is 30.8 Å².